The van der Waals surface area contributed by atoms with Crippen molar-refractivity contribution in [3.8, 4) is 5.75 Å². The molecule has 2 rings (SSSR count). The first-order valence-corrected chi connectivity index (χ1v) is 6.42. The maximum absolute atomic E-state index is 8.66. The van der Waals surface area contributed by atoms with Crippen LogP contribution in [0.5, 0.6) is 5.75 Å². The fourth-order valence-electron chi connectivity index (χ4n) is 2.46. The van der Waals surface area contributed by atoms with Crippen LogP contribution in [0.2, 0.25) is 0 Å². The molecule has 1 aromatic rings. The van der Waals surface area contributed by atoms with E-state index in [1.54, 1.807) is 0 Å². The van der Waals surface area contributed by atoms with Crippen LogP contribution in [-0.4, -0.2) is 17.6 Å². The Hall–Kier alpha value is -1.71. The summed E-state index contributed by atoms with van der Waals surface area (Å²) in [4.78, 5) is 0. The minimum atomic E-state index is 0.134. The molecule has 1 fully saturated rings. The molecule has 0 saturated heterocycles. The molecule has 98 valence electrons. The summed E-state index contributed by atoms with van der Waals surface area (Å²) in [5, 5.41) is 11.7. The zero-order valence-corrected chi connectivity index (χ0v) is 10.7. The average molecular weight is 248 g/mol. The fourth-order valence-corrected chi connectivity index (χ4v) is 2.46. The molecule has 1 aromatic carbocycles. The van der Waals surface area contributed by atoms with E-state index in [0.717, 1.165) is 23.5 Å². The lowest BCUT2D eigenvalue weighted by atomic mass is 10.1. The highest BCUT2D eigenvalue weighted by Gasteiger charge is 2.15. The lowest BCUT2D eigenvalue weighted by molar-refractivity contribution is 0.252. The third kappa shape index (κ3) is 2.94. The molecule has 4 nitrogen and oxygen atoms in total. The molecule has 0 aromatic heterocycles. The zero-order chi connectivity index (χ0) is 13.0. The molecule has 1 aliphatic rings. The predicted molar refractivity (Wildman–Crippen MR) is 71.1 cm³/mol. The van der Waals surface area contributed by atoms with Crippen molar-refractivity contribution >= 4 is 5.84 Å². The number of hydrogen-bond donors (Lipinski definition) is 2. The summed E-state index contributed by atoms with van der Waals surface area (Å²) in [6.45, 7) is 2.72. The van der Waals surface area contributed by atoms with Gasteiger partial charge in [0.05, 0.1) is 6.61 Å². The number of oxime groups is 1. The molecule has 0 radical (unpaired) electrons. The van der Waals surface area contributed by atoms with E-state index in [9.17, 15) is 0 Å². The van der Waals surface area contributed by atoms with Crippen LogP contribution in [0.25, 0.3) is 0 Å². The summed E-state index contributed by atoms with van der Waals surface area (Å²) in [6.07, 6.45) is 5.22. The van der Waals surface area contributed by atoms with Crippen LogP contribution in [0.15, 0.2) is 23.4 Å². The van der Waals surface area contributed by atoms with Crippen LogP contribution in [0, 0.1) is 12.8 Å². The first-order valence-electron chi connectivity index (χ1n) is 6.42. The van der Waals surface area contributed by atoms with Gasteiger partial charge in [-0.15, -0.1) is 0 Å². The van der Waals surface area contributed by atoms with Gasteiger partial charge in [0, 0.05) is 5.56 Å². The van der Waals surface area contributed by atoms with Gasteiger partial charge in [0.15, 0.2) is 5.84 Å². The minimum Gasteiger partial charge on any atom is -0.493 e. The maximum Gasteiger partial charge on any atom is 0.170 e. The third-order valence-electron chi connectivity index (χ3n) is 3.54. The van der Waals surface area contributed by atoms with Crippen LogP contribution >= 0.6 is 0 Å². The fraction of sp³-hybridized carbons (Fsp3) is 0.500. The summed E-state index contributed by atoms with van der Waals surface area (Å²) < 4.78 is 5.80. The molecule has 0 amide bonds. The number of aryl methyl sites for hydroxylation is 1. The summed E-state index contributed by atoms with van der Waals surface area (Å²) in [7, 11) is 0. The zero-order valence-electron chi connectivity index (χ0n) is 10.7. The Labute approximate surface area is 107 Å². The summed E-state index contributed by atoms with van der Waals surface area (Å²) in [5.41, 5.74) is 7.27. The lowest BCUT2D eigenvalue weighted by Gasteiger charge is -2.13. The molecule has 1 saturated carbocycles. The quantitative estimate of drug-likeness (QED) is 0.372. The van der Waals surface area contributed by atoms with Crippen molar-refractivity contribution in [2.24, 2.45) is 16.8 Å². The van der Waals surface area contributed by atoms with E-state index in [-0.39, 0.29) is 5.84 Å². The first kappa shape index (κ1) is 12.7. The van der Waals surface area contributed by atoms with Gasteiger partial charge < -0.3 is 15.7 Å². The number of nitrogens with zero attached hydrogens (tertiary/aromatic N) is 1. The van der Waals surface area contributed by atoms with Gasteiger partial charge in [0.2, 0.25) is 0 Å². The van der Waals surface area contributed by atoms with Crippen molar-refractivity contribution in [2.75, 3.05) is 6.61 Å². The molecule has 0 spiro atoms. The summed E-state index contributed by atoms with van der Waals surface area (Å²) in [5.74, 6) is 1.69. The van der Waals surface area contributed by atoms with Gasteiger partial charge in [-0.2, -0.15) is 0 Å². The Kier molecular flexibility index (Phi) is 4.07. The maximum atomic E-state index is 8.66. The second-order valence-electron chi connectivity index (χ2n) is 4.92. The highest BCUT2D eigenvalue weighted by atomic mass is 16.5. The second kappa shape index (κ2) is 5.76. The van der Waals surface area contributed by atoms with Crippen molar-refractivity contribution in [3.63, 3.8) is 0 Å². The van der Waals surface area contributed by atoms with E-state index in [2.05, 4.69) is 5.16 Å². The first-order chi connectivity index (χ1) is 8.70. The van der Waals surface area contributed by atoms with Crippen LogP contribution in [-0.2, 0) is 0 Å². The highest BCUT2D eigenvalue weighted by Crippen LogP contribution is 2.26. The highest BCUT2D eigenvalue weighted by molar-refractivity contribution is 5.98. The van der Waals surface area contributed by atoms with Gasteiger partial charge in [-0.05, 0) is 49.4 Å². The number of amidine groups is 1. The topological polar surface area (TPSA) is 67.8 Å². The van der Waals surface area contributed by atoms with Crippen molar-refractivity contribution in [3.05, 3.63) is 29.3 Å². The Morgan fingerprint density at radius 2 is 2.17 bits per heavy atom. The number of nitrogens with two attached hydrogens (primary N) is 1. The van der Waals surface area contributed by atoms with E-state index in [1.165, 1.54) is 25.7 Å². The van der Waals surface area contributed by atoms with Gasteiger partial charge >= 0.3 is 0 Å². The van der Waals surface area contributed by atoms with Gasteiger partial charge in [-0.3, -0.25) is 0 Å². The molecule has 1 aliphatic carbocycles. The van der Waals surface area contributed by atoms with E-state index in [1.807, 2.05) is 25.1 Å². The standard InChI is InChI=1S/C14H20N2O2/c1-10-8-12(6-7-13(10)14(15)16-17)18-9-11-4-2-3-5-11/h6-8,11,17H,2-5,9H2,1H3,(H2,15,16). The van der Waals surface area contributed by atoms with Crippen LogP contribution in [0.3, 0.4) is 0 Å². The van der Waals surface area contributed by atoms with Gasteiger partial charge in [0.1, 0.15) is 5.75 Å². The van der Waals surface area contributed by atoms with Crippen molar-refractivity contribution in [1.82, 2.24) is 0 Å². The molecule has 0 bridgehead atoms. The molecule has 0 unspecified atom stereocenters. The van der Waals surface area contributed by atoms with Gasteiger partial charge in [-0.1, -0.05) is 18.0 Å². The minimum absolute atomic E-state index is 0.134. The van der Waals surface area contributed by atoms with Crippen LogP contribution in [0.4, 0.5) is 0 Å². The van der Waals surface area contributed by atoms with Crippen molar-refractivity contribution in [2.45, 2.75) is 32.6 Å². The number of benzene rings is 1. The molecule has 0 heterocycles. The third-order valence-corrected chi connectivity index (χ3v) is 3.54. The molecule has 0 aliphatic heterocycles. The molecule has 3 N–H and O–H groups in total. The predicted octanol–water partition coefficient (Wildman–Crippen LogP) is 2.66. The Morgan fingerprint density at radius 1 is 1.44 bits per heavy atom. The van der Waals surface area contributed by atoms with E-state index >= 15 is 0 Å². The Balaban J connectivity index is 1.99. The summed E-state index contributed by atoms with van der Waals surface area (Å²) in [6, 6.07) is 5.63. The second-order valence-corrected chi connectivity index (χ2v) is 4.92. The van der Waals surface area contributed by atoms with Crippen molar-refractivity contribution in [1.29, 1.82) is 0 Å². The molecular formula is C14H20N2O2. The Bertz CT molecular complexity index is 437. The number of ether oxygens (including phenoxy) is 1. The SMILES string of the molecule is Cc1cc(OCC2CCCC2)ccc1/C(N)=N/O. The normalized spacial score (nSPS) is 17.1. The number of hydrogen-bond acceptors (Lipinski definition) is 3. The molecule has 0 atom stereocenters. The lowest BCUT2D eigenvalue weighted by Crippen LogP contribution is -2.15. The largest absolute Gasteiger partial charge is 0.493 e. The monoisotopic (exact) mass is 248 g/mol. The number of rotatable bonds is 4. The van der Waals surface area contributed by atoms with Crippen LogP contribution in [0.1, 0.15) is 36.8 Å². The van der Waals surface area contributed by atoms with Crippen molar-refractivity contribution < 1.29 is 9.94 Å². The molecular weight excluding hydrogens is 228 g/mol. The molecule has 4 heteroatoms. The molecule has 18 heavy (non-hydrogen) atoms. The van der Waals surface area contributed by atoms with Gasteiger partial charge in [0.25, 0.3) is 0 Å². The average Bonchev–Trinajstić information content (AvgIpc) is 2.88. The van der Waals surface area contributed by atoms with E-state index in [4.69, 9.17) is 15.7 Å². The summed E-state index contributed by atoms with van der Waals surface area (Å²) >= 11 is 0. The van der Waals surface area contributed by atoms with Gasteiger partial charge in [-0.25, -0.2) is 0 Å². The Morgan fingerprint density at radius 3 is 2.78 bits per heavy atom. The smallest absolute Gasteiger partial charge is 0.170 e. The van der Waals surface area contributed by atoms with E-state index in [0.29, 0.717) is 5.92 Å². The van der Waals surface area contributed by atoms with E-state index < -0.39 is 0 Å². The van der Waals surface area contributed by atoms with Crippen LogP contribution < -0.4 is 10.5 Å².